The number of hydrogen-bond donors (Lipinski definition) is 0. The second-order valence-corrected chi connectivity index (χ2v) is 13.0. The molecule has 0 amide bonds. The van der Waals surface area contributed by atoms with Crippen molar-refractivity contribution in [3.63, 3.8) is 0 Å². The van der Waals surface area contributed by atoms with Gasteiger partial charge in [0.1, 0.15) is 0 Å². The maximum atomic E-state index is 12.5. The van der Waals surface area contributed by atoms with E-state index in [1.165, 1.54) is 167 Å². The molecule has 0 rings (SSSR count). The number of hydrogen-bond acceptors (Lipinski definition) is 2. The summed E-state index contributed by atoms with van der Waals surface area (Å²) >= 11 is 0. The molecule has 0 heterocycles. The highest BCUT2D eigenvalue weighted by atomic mass is 16.5. The summed E-state index contributed by atoms with van der Waals surface area (Å²) in [7, 11) is 0. The van der Waals surface area contributed by atoms with E-state index in [1.54, 1.807) is 0 Å². The van der Waals surface area contributed by atoms with Crippen molar-refractivity contribution in [2.24, 2.45) is 5.41 Å². The van der Waals surface area contributed by atoms with Crippen LogP contribution in [0, 0.1) is 5.41 Å². The molecule has 0 atom stereocenters. The normalized spacial score (nSPS) is 11.8. The molecule has 0 spiro atoms. The van der Waals surface area contributed by atoms with Crippen molar-refractivity contribution < 1.29 is 9.53 Å². The number of carbonyl (C=O) groups excluding carboxylic acids is 1. The second-order valence-electron chi connectivity index (χ2n) is 13.0. The first kappa shape index (κ1) is 37.5. The SMILES string of the molecule is CCCCCCCCCCCCCCCCOC(=O)C(C)(C)CCCCCCCCCCCCCCCC. The molecule has 0 N–H and O–H groups in total. The third kappa shape index (κ3) is 27.1. The summed E-state index contributed by atoms with van der Waals surface area (Å²) < 4.78 is 5.64. The molecule has 0 saturated carbocycles. The van der Waals surface area contributed by atoms with Crippen LogP contribution in [0.5, 0.6) is 0 Å². The monoisotopic (exact) mass is 537 g/mol. The number of unbranched alkanes of at least 4 members (excludes halogenated alkanes) is 26. The van der Waals surface area contributed by atoms with E-state index >= 15 is 0 Å². The topological polar surface area (TPSA) is 26.3 Å². The van der Waals surface area contributed by atoms with Gasteiger partial charge in [0, 0.05) is 0 Å². The summed E-state index contributed by atoms with van der Waals surface area (Å²) in [5, 5.41) is 0. The fourth-order valence-electron chi connectivity index (χ4n) is 5.52. The summed E-state index contributed by atoms with van der Waals surface area (Å²) in [6, 6.07) is 0. The van der Waals surface area contributed by atoms with Crippen molar-refractivity contribution in [2.45, 2.75) is 214 Å². The van der Waals surface area contributed by atoms with Gasteiger partial charge in [-0.15, -0.1) is 0 Å². The van der Waals surface area contributed by atoms with E-state index in [-0.39, 0.29) is 11.4 Å². The molecule has 0 unspecified atom stereocenters. The standard InChI is InChI=1S/C36H72O2/c1-5-7-9-11-13-15-17-19-21-23-25-27-29-31-33-36(3,4)35(37)38-34-32-30-28-26-24-22-20-18-16-14-12-10-8-6-2/h5-34H2,1-4H3. The molecule has 228 valence electrons. The van der Waals surface area contributed by atoms with Crippen molar-refractivity contribution in [1.29, 1.82) is 0 Å². The fourth-order valence-corrected chi connectivity index (χ4v) is 5.52. The highest BCUT2D eigenvalue weighted by Crippen LogP contribution is 2.26. The average Bonchev–Trinajstić information content (AvgIpc) is 2.90. The van der Waals surface area contributed by atoms with Crippen molar-refractivity contribution in [3.05, 3.63) is 0 Å². The largest absolute Gasteiger partial charge is 0.465 e. The van der Waals surface area contributed by atoms with Crippen LogP contribution in [0.1, 0.15) is 214 Å². The van der Waals surface area contributed by atoms with Gasteiger partial charge in [-0.1, -0.05) is 187 Å². The van der Waals surface area contributed by atoms with E-state index in [0.717, 1.165) is 19.3 Å². The summed E-state index contributed by atoms with van der Waals surface area (Å²) in [4.78, 5) is 12.5. The molecule has 2 nitrogen and oxygen atoms in total. The quantitative estimate of drug-likeness (QED) is 0.0650. The molecule has 0 aromatic rings. The Kier molecular flexibility index (Phi) is 29.0. The van der Waals surface area contributed by atoms with Crippen LogP contribution in [0.4, 0.5) is 0 Å². The minimum absolute atomic E-state index is 0.0156. The Balaban J connectivity index is 3.42. The summed E-state index contributed by atoms with van der Waals surface area (Å²) in [5.74, 6) is 0.0156. The van der Waals surface area contributed by atoms with Crippen LogP contribution in [0.2, 0.25) is 0 Å². The van der Waals surface area contributed by atoms with E-state index in [9.17, 15) is 4.79 Å². The van der Waals surface area contributed by atoms with Gasteiger partial charge in [-0.05, 0) is 26.7 Å². The number of rotatable bonds is 31. The lowest BCUT2D eigenvalue weighted by Gasteiger charge is -2.22. The summed E-state index contributed by atoms with van der Waals surface area (Å²) in [6.07, 6.45) is 39.2. The molecule has 0 fully saturated rings. The van der Waals surface area contributed by atoms with Gasteiger partial charge >= 0.3 is 5.97 Å². The van der Waals surface area contributed by atoms with Crippen LogP contribution >= 0.6 is 0 Å². The fraction of sp³-hybridized carbons (Fsp3) is 0.972. The zero-order valence-electron chi connectivity index (χ0n) is 27.0. The lowest BCUT2D eigenvalue weighted by molar-refractivity contribution is -0.154. The van der Waals surface area contributed by atoms with Crippen molar-refractivity contribution in [1.82, 2.24) is 0 Å². The zero-order chi connectivity index (χ0) is 28.0. The van der Waals surface area contributed by atoms with E-state index in [2.05, 4.69) is 27.7 Å². The van der Waals surface area contributed by atoms with E-state index < -0.39 is 0 Å². The summed E-state index contributed by atoms with van der Waals surface area (Å²) in [5.41, 5.74) is -0.326. The van der Waals surface area contributed by atoms with Gasteiger partial charge < -0.3 is 4.74 Å². The van der Waals surface area contributed by atoms with Gasteiger partial charge in [0.05, 0.1) is 12.0 Å². The van der Waals surface area contributed by atoms with Gasteiger partial charge in [0.2, 0.25) is 0 Å². The minimum atomic E-state index is -0.326. The first-order valence-electron chi connectivity index (χ1n) is 17.7. The predicted octanol–water partition coefficient (Wildman–Crippen LogP) is 12.9. The molecular weight excluding hydrogens is 464 g/mol. The van der Waals surface area contributed by atoms with Crippen LogP contribution in [-0.2, 0) is 9.53 Å². The Morgan fingerprint density at radius 2 is 0.684 bits per heavy atom. The van der Waals surface area contributed by atoms with Crippen LogP contribution in [0.15, 0.2) is 0 Å². The molecule has 0 bridgehead atoms. The highest BCUT2D eigenvalue weighted by molar-refractivity contribution is 5.75. The third-order valence-corrected chi connectivity index (χ3v) is 8.44. The molecule has 0 aliphatic heterocycles. The van der Waals surface area contributed by atoms with Crippen molar-refractivity contribution in [3.8, 4) is 0 Å². The molecule has 0 saturated heterocycles. The zero-order valence-corrected chi connectivity index (χ0v) is 27.0. The molecule has 0 aliphatic rings. The highest BCUT2D eigenvalue weighted by Gasteiger charge is 2.28. The molecule has 0 aliphatic carbocycles. The number of ether oxygens (including phenoxy) is 1. The third-order valence-electron chi connectivity index (χ3n) is 8.44. The van der Waals surface area contributed by atoms with Gasteiger partial charge in [0.25, 0.3) is 0 Å². The first-order valence-corrected chi connectivity index (χ1v) is 17.7. The van der Waals surface area contributed by atoms with Crippen LogP contribution in [-0.4, -0.2) is 12.6 Å². The smallest absolute Gasteiger partial charge is 0.311 e. The Morgan fingerprint density at radius 1 is 0.421 bits per heavy atom. The Morgan fingerprint density at radius 3 is 1.00 bits per heavy atom. The molecule has 0 radical (unpaired) electrons. The summed E-state index contributed by atoms with van der Waals surface area (Å²) in [6.45, 7) is 9.33. The Labute approximate surface area is 241 Å². The molecule has 0 aromatic heterocycles. The Hall–Kier alpha value is -0.530. The van der Waals surface area contributed by atoms with Gasteiger partial charge in [-0.3, -0.25) is 4.79 Å². The van der Waals surface area contributed by atoms with Crippen LogP contribution < -0.4 is 0 Å². The van der Waals surface area contributed by atoms with Crippen molar-refractivity contribution >= 4 is 5.97 Å². The van der Waals surface area contributed by atoms with Crippen molar-refractivity contribution in [2.75, 3.05) is 6.61 Å². The van der Waals surface area contributed by atoms with E-state index in [0.29, 0.717) is 6.61 Å². The maximum Gasteiger partial charge on any atom is 0.311 e. The average molecular weight is 537 g/mol. The molecule has 0 aromatic carbocycles. The lowest BCUT2D eigenvalue weighted by Crippen LogP contribution is -2.27. The Bertz CT molecular complexity index is 470. The predicted molar refractivity (Wildman–Crippen MR) is 170 cm³/mol. The second kappa shape index (κ2) is 29.5. The van der Waals surface area contributed by atoms with Gasteiger partial charge in [0.15, 0.2) is 0 Å². The maximum absolute atomic E-state index is 12.5. The van der Waals surface area contributed by atoms with Gasteiger partial charge in [-0.25, -0.2) is 0 Å². The van der Waals surface area contributed by atoms with E-state index in [1.807, 2.05) is 0 Å². The number of carbonyl (C=O) groups is 1. The van der Waals surface area contributed by atoms with Crippen LogP contribution in [0.25, 0.3) is 0 Å². The molecular formula is C36H72O2. The minimum Gasteiger partial charge on any atom is -0.465 e. The first-order chi connectivity index (χ1) is 18.5. The molecule has 38 heavy (non-hydrogen) atoms. The van der Waals surface area contributed by atoms with Crippen LogP contribution in [0.3, 0.4) is 0 Å². The number of esters is 1. The molecule has 2 heteroatoms. The lowest BCUT2D eigenvalue weighted by atomic mass is 9.87. The van der Waals surface area contributed by atoms with E-state index in [4.69, 9.17) is 4.74 Å². The van der Waals surface area contributed by atoms with Gasteiger partial charge in [-0.2, -0.15) is 0 Å².